The van der Waals surface area contributed by atoms with Gasteiger partial charge in [0, 0.05) is 5.69 Å². The highest BCUT2D eigenvalue weighted by Gasteiger charge is 2.42. The number of hydrogen-bond acceptors (Lipinski definition) is 7. The van der Waals surface area contributed by atoms with Crippen LogP contribution in [0.1, 0.15) is 37.7 Å². The third kappa shape index (κ3) is 3.09. The Morgan fingerprint density at radius 1 is 1.20 bits per heavy atom. The smallest absolute Gasteiger partial charge is 0.240 e. The Kier molecular flexibility index (Phi) is 4.46. The zero-order valence-corrected chi connectivity index (χ0v) is 15.3. The van der Waals surface area contributed by atoms with Gasteiger partial charge in [-0.3, -0.25) is 4.90 Å². The van der Waals surface area contributed by atoms with Gasteiger partial charge in [0.15, 0.2) is 0 Å². The normalized spacial score (nSPS) is 20.3. The molecule has 1 aromatic rings. The molecule has 8 nitrogen and oxygen atoms in total. The summed E-state index contributed by atoms with van der Waals surface area (Å²) in [4.78, 5) is 10.8. The van der Waals surface area contributed by atoms with E-state index in [0.29, 0.717) is 11.3 Å². The predicted octanol–water partition coefficient (Wildman–Crippen LogP) is 1.01. The van der Waals surface area contributed by atoms with Crippen molar-refractivity contribution in [1.29, 1.82) is 0 Å². The molecule has 2 aliphatic rings. The van der Waals surface area contributed by atoms with Crippen molar-refractivity contribution in [3.63, 3.8) is 0 Å². The van der Waals surface area contributed by atoms with E-state index in [1.54, 1.807) is 19.1 Å². The number of nitrogens with two attached hydrogens (primary N) is 2. The van der Waals surface area contributed by atoms with Gasteiger partial charge in [-0.2, -0.15) is 4.99 Å². The molecular weight excluding hydrogens is 340 g/mol. The van der Waals surface area contributed by atoms with Crippen molar-refractivity contribution < 1.29 is 8.42 Å². The van der Waals surface area contributed by atoms with E-state index in [1.165, 1.54) is 7.05 Å². The molecular formula is C16H24N6O2S. The molecule has 0 amide bonds. The highest BCUT2D eigenvalue weighted by atomic mass is 32.2. The number of nitrogens with one attached hydrogen (secondary N) is 1. The van der Waals surface area contributed by atoms with Gasteiger partial charge in [-0.15, -0.1) is 0 Å². The number of nitrogens with zero attached hydrogens (tertiary/aromatic N) is 3. The summed E-state index contributed by atoms with van der Waals surface area (Å²) in [5.74, 6) is 0.414. The number of anilines is 1. The van der Waals surface area contributed by atoms with Gasteiger partial charge in [-0.1, -0.05) is 12.5 Å². The molecule has 1 aliphatic carbocycles. The first-order valence-corrected chi connectivity index (χ1v) is 9.81. The summed E-state index contributed by atoms with van der Waals surface area (Å²) >= 11 is 0. The first-order chi connectivity index (χ1) is 11.8. The van der Waals surface area contributed by atoms with Gasteiger partial charge < -0.3 is 11.5 Å². The Morgan fingerprint density at radius 2 is 1.88 bits per heavy atom. The van der Waals surface area contributed by atoms with E-state index in [2.05, 4.69) is 14.7 Å². The standard InChI is InChI=1S/C16H24N6O2S/c1-11-6-7-12(10-13(11)25(23,24)19-2)22-15(18)20-14(17)21-16(22)8-4-3-5-9-16/h6-7,10,19H,3-5,8-9H2,1-2H3,(H4,17,18,20,21). The first-order valence-electron chi connectivity index (χ1n) is 8.33. The number of aliphatic imine (C=N–C) groups is 2. The second kappa shape index (κ2) is 6.30. The van der Waals surface area contributed by atoms with E-state index in [-0.39, 0.29) is 16.8 Å². The van der Waals surface area contributed by atoms with Crippen molar-refractivity contribution in [3.8, 4) is 0 Å². The molecule has 1 aliphatic heterocycles. The molecule has 1 saturated carbocycles. The minimum absolute atomic E-state index is 0.172. The molecule has 0 atom stereocenters. The molecule has 1 spiro atoms. The van der Waals surface area contributed by atoms with E-state index in [9.17, 15) is 8.42 Å². The zero-order chi connectivity index (χ0) is 18.2. The van der Waals surface area contributed by atoms with Crippen molar-refractivity contribution in [3.05, 3.63) is 23.8 Å². The third-order valence-corrected chi connectivity index (χ3v) is 6.40. The fourth-order valence-corrected chi connectivity index (χ4v) is 4.61. The van der Waals surface area contributed by atoms with Crippen LogP contribution in [-0.2, 0) is 10.0 Å². The SMILES string of the molecule is CNS(=O)(=O)c1cc(N2C(N)=NC(N)=NC23CCCCC3)ccc1C. The molecule has 5 N–H and O–H groups in total. The van der Waals surface area contributed by atoms with Gasteiger partial charge in [0.1, 0.15) is 5.66 Å². The second-order valence-corrected chi connectivity index (χ2v) is 8.33. The largest absolute Gasteiger partial charge is 0.369 e. The highest BCUT2D eigenvalue weighted by molar-refractivity contribution is 7.89. The maximum Gasteiger partial charge on any atom is 0.240 e. The van der Waals surface area contributed by atoms with Crippen LogP contribution in [0.15, 0.2) is 33.1 Å². The van der Waals surface area contributed by atoms with Crippen LogP contribution in [0.5, 0.6) is 0 Å². The molecule has 0 bridgehead atoms. The van der Waals surface area contributed by atoms with Gasteiger partial charge in [0.25, 0.3) is 0 Å². The minimum Gasteiger partial charge on any atom is -0.369 e. The van der Waals surface area contributed by atoms with Crippen LogP contribution in [0.4, 0.5) is 5.69 Å². The molecule has 1 aromatic carbocycles. The summed E-state index contributed by atoms with van der Waals surface area (Å²) < 4.78 is 27.0. The minimum atomic E-state index is -3.58. The van der Waals surface area contributed by atoms with Crippen LogP contribution >= 0.6 is 0 Å². The van der Waals surface area contributed by atoms with Gasteiger partial charge in [-0.05, 0) is 57.4 Å². The average Bonchev–Trinajstić information content (AvgIpc) is 2.56. The maximum absolute atomic E-state index is 12.3. The van der Waals surface area contributed by atoms with Crippen LogP contribution in [0.3, 0.4) is 0 Å². The number of sulfonamides is 1. The lowest BCUT2D eigenvalue weighted by molar-refractivity contribution is 0.305. The van der Waals surface area contributed by atoms with Crippen molar-refractivity contribution in [2.75, 3.05) is 11.9 Å². The van der Waals surface area contributed by atoms with Gasteiger partial charge in [-0.25, -0.2) is 18.1 Å². The van der Waals surface area contributed by atoms with E-state index in [4.69, 9.17) is 11.5 Å². The topological polar surface area (TPSA) is 126 Å². The summed E-state index contributed by atoms with van der Waals surface area (Å²) in [6, 6.07) is 5.24. The Labute approximate surface area is 148 Å². The molecule has 0 saturated heterocycles. The molecule has 9 heteroatoms. The van der Waals surface area contributed by atoms with Gasteiger partial charge >= 0.3 is 0 Å². The maximum atomic E-state index is 12.3. The van der Waals surface area contributed by atoms with Crippen molar-refractivity contribution in [1.82, 2.24) is 4.72 Å². The van der Waals surface area contributed by atoms with Gasteiger partial charge in [0.05, 0.1) is 4.90 Å². The Hall–Kier alpha value is -2.13. The quantitative estimate of drug-likeness (QED) is 0.738. The van der Waals surface area contributed by atoms with Crippen LogP contribution in [0.2, 0.25) is 0 Å². The number of aryl methyl sites for hydroxylation is 1. The highest BCUT2D eigenvalue weighted by Crippen LogP contribution is 2.40. The predicted molar refractivity (Wildman–Crippen MR) is 99.0 cm³/mol. The van der Waals surface area contributed by atoms with Crippen molar-refractivity contribution in [2.24, 2.45) is 21.5 Å². The molecule has 3 rings (SSSR count). The first kappa shape index (κ1) is 17.7. The fourth-order valence-electron chi connectivity index (χ4n) is 3.62. The van der Waals surface area contributed by atoms with Gasteiger partial charge in [0.2, 0.25) is 21.9 Å². The van der Waals surface area contributed by atoms with Crippen LogP contribution < -0.4 is 21.1 Å². The number of rotatable bonds is 3. The fraction of sp³-hybridized carbons (Fsp3) is 0.500. The van der Waals surface area contributed by atoms with Crippen LogP contribution in [0, 0.1) is 6.92 Å². The number of guanidine groups is 2. The zero-order valence-electron chi connectivity index (χ0n) is 14.5. The summed E-state index contributed by atoms with van der Waals surface area (Å²) in [7, 11) is -2.18. The summed E-state index contributed by atoms with van der Waals surface area (Å²) in [5.41, 5.74) is 12.8. The Balaban J connectivity index is 2.14. The number of hydrogen-bond donors (Lipinski definition) is 3. The lowest BCUT2D eigenvalue weighted by Gasteiger charge is -2.45. The average molecular weight is 364 g/mol. The lowest BCUT2D eigenvalue weighted by Crippen LogP contribution is -2.58. The summed E-state index contributed by atoms with van der Waals surface area (Å²) in [5, 5.41) is 0. The number of benzene rings is 1. The van der Waals surface area contributed by atoms with E-state index in [1.807, 2.05) is 11.0 Å². The summed E-state index contributed by atoms with van der Waals surface area (Å²) in [6.45, 7) is 1.76. The van der Waals surface area contributed by atoms with Crippen LogP contribution in [0.25, 0.3) is 0 Å². The molecule has 136 valence electrons. The molecule has 1 fully saturated rings. The van der Waals surface area contributed by atoms with Crippen molar-refractivity contribution >= 4 is 27.6 Å². The third-order valence-electron chi connectivity index (χ3n) is 4.84. The molecule has 25 heavy (non-hydrogen) atoms. The van der Waals surface area contributed by atoms with E-state index >= 15 is 0 Å². The molecule has 0 aromatic heterocycles. The van der Waals surface area contributed by atoms with E-state index < -0.39 is 15.7 Å². The molecule has 0 unspecified atom stereocenters. The van der Waals surface area contributed by atoms with Crippen molar-refractivity contribution in [2.45, 2.75) is 49.6 Å². The Morgan fingerprint density at radius 3 is 2.52 bits per heavy atom. The van der Waals surface area contributed by atoms with E-state index in [0.717, 1.165) is 32.1 Å². The second-order valence-electron chi connectivity index (χ2n) is 6.48. The monoisotopic (exact) mass is 364 g/mol. The molecule has 1 heterocycles. The lowest BCUT2D eigenvalue weighted by atomic mass is 9.87. The molecule has 0 radical (unpaired) electrons. The Bertz CT molecular complexity index is 840. The van der Waals surface area contributed by atoms with Crippen LogP contribution in [-0.4, -0.2) is 33.0 Å². The summed E-state index contributed by atoms with van der Waals surface area (Å²) in [6.07, 6.45) is 4.75.